The van der Waals surface area contributed by atoms with E-state index in [1.165, 1.54) is 0 Å². The van der Waals surface area contributed by atoms with Crippen LogP contribution < -0.4 is 10.1 Å². The van der Waals surface area contributed by atoms with Gasteiger partial charge in [-0.2, -0.15) is 5.26 Å². The van der Waals surface area contributed by atoms with Gasteiger partial charge in [-0.15, -0.1) is 5.10 Å². The predicted octanol–water partition coefficient (Wildman–Crippen LogP) is 5.15. The van der Waals surface area contributed by atoms with E-state index in [0.717, 1.165) is 17.0 Å². The zero-order valence-electron chi connectivity index (χ0n) is 18.0. The number of nitrogens with one attached hydrogen (secondary N) is 1. The number of ether oxygens (including phenoxy) is 1. The summed E-state index contributed by atoms with van der Waals surface area (Å²) in [6.07, 6.45) is 0. The van der Waals surface area contributed by atoms with E-state index in [2.05, 4.69) is 21.7 Å². The highest BCUT2D eigenvalue weighted by Crippen LogP contribution is 2.32. The number of methoxy groups -OCH3 is 1. The van der Waals surface area contributed by atoms with Gasteiger partial charge in [-0.25, -0.2) is 4.68 Å². The van der Waals surface area contributed by atoms with Crippen LogP contribution in [0.2, 0.25) is 5.02 Å². The van der Waals surface area contributed by atoms with Gasteiger partial charge in [0.15, 0.2) is 5.69 Å². The van der Waals surface area contributed by atoms with Crippen molar-refractivity contribution in [3.8, 4) is 17.5 Å². The molecule has 0 aliphatic heterocycles. The second kappa shape index (κ2) is 9.55. The number of nitriles is 1. The maximum Gasteiger partial charge on any atom is 0.278 e. The van der Waals surface area contributed by atoms with Gasteiger partial charge >= 0.3 is 0 Å². The van der Waals surface area contributed by atoms with Crippen LogP contribution in [0.25, 0.3) is 5.69 Å². The Bertz CT molecular complexity index is 1330. The van der Waals surface area contributed by atoms with Crippen molar-refractivity contribution in [1.29, 1.82) is 5.26 Å². The average Bonchev–Trinajstić information content (AvgIpc) is 3.23. The minimum Gasteiger partial charge on any atom is -0.497 e. The van der Waals surface area contributed by atoms with Crippen molar-refractivity contribution in [1.82, 2.24) is 15.0 Å². The van der Waals surface area contributed by atoms with Gasteiger partial charge in [0.1, 0.15) is 5.75 Å². The second-order valence-corrected chi connectivity index (χ2v) is 7.70. The minimum absolute atomic E-state index is 0.199. The molecule has 1 amide bonds. The monoisotopic (exact) mass is 457 g/mol. The molecule has 0 aliphatic rings. The number of amides is 1. The Hall–Kier alpha value is -4.15. The second-order valence-electron chi connectivity index (χ2n) is 7.30. The van der Waals surface area contributed by atoms with Gasteiger partial charge in [-0.05, 0) is 54.4 Å². The fraction of sp³-hybridized carbons (Fsp3) is 0.120. The molecule has 1 atom stereocenters. The first-order valence-corrected chi connectivity index (χ1v) is 10.5. The summed E-state index contributed by atoms with van der Waals surface area (Å²) < 4.78 is 6.76. The average molecular weight is 458 g/mol. The van der Waals surface area contributed by atoms with Gasteiger partial charge < -0.3 is 10.1 Å². The molecule has 4 rings (SSSR count). The molecule has 164 valence electrons. The van der Waals surface area contributed by atoms with Crippen LogP contribution in [0.3, 0.4) is 0 Å². The van der Waals surface area contributed by atoms with E-state index >= 15 is 0 Å². The summed E-state index contributed by atoms with van der Waals surface area (Å²) in [5.41, 5.74) is 3.57. The molecule has 3 aromatic carbocycles. The summed E-state index contributed by atoms with van der Waals surface area (Å²) in [5, 5.41) is 21.0. The normalized spacial score (nSPS) is 11.5. The first-order valence-electron chi connectivity index (χ1n) is 10.1. The number of rotatable bonds is 6. The number of aromatic nitrogens is 3. The third-order valence-electron chi connectivity index (χ3n) is 5.26. The standard InChI is InChI=1S/C25H20ClN5O2/c1-16-24(29-30-31(16)19-9-11-20(33-2)12-10-19)25(32)28-18-8-13-21(23(26)14-18)22(15-27)17-6-4-3-5-7-17/h3-14,22H,1-2H3,(H,28,32). The largest absolute Gasteiger partial charge is 0.497 e. The maximum absolute atomic E-state index is 12.8. The predicted molar refractivity (Wildman–Crippen MR) is 126 cm³/mol. The lowest BCUT2D eigenvalue weighted by atomic mass is 9.92. The molecule has 1 N–H and O–H groups in total. The van der Waals surface area contributed by atoms with E-state index in [4.69, 9.17) is 16.3 Å². The SMILES string of the molecule is COc1ccc(-n2nnc(C(=O)Nc3ccc(C(C#N)c4ccccc4)c(Cl)c3)c2C)cc1. The number of anilines is 1. The molecule has 7 nitrogen and oxygen atoms in total. The van der Waals surface area contributed by atoms with Crippen LogP contribution in [-0.2, 0) is 0 Å². The summed E-state index contributed by atoms with van der Waals surface area (Å²) in [5.74, 6) is -0.188. The van der Waals surface area contributed by atoms with Crippen LogP contribution in [-0.4, -0.2) is 28.0 Å². The highest BCUT2D eigenvalue weighted by Gasteiger charge is 2.20. The third-order valence-corrected chi connectivity index (χ3v) is 5.59. The van der Waals surface area contributed by atoms with E-state index in [1.807, 2.05) is 54.6 Å². The fourth-order valence-electron chi connectivity index (χ4n) is 3.51. The number of benzene rings is 3. The zero-order chi connectivity index (χ0) is 23.4. The molecular weight excluding hydrogens is 438 g/mol. The first-order chi connectivity index (χ1) is 16.0. The number of hydrogen-bond acceptors (Lipinski definition) is 5. The molecule has 0 bridgehead atoms. The molecule has 4 aromatic rings. The van der Waals surface area contributed by atoms with Crippen molar-refractivity contribution < 1.29 is 9.53 Å². The Labute approximate surface area is 196 Å². The summed E-state index contributed by atoms with van der Waals surface area (Å²) in [6, 6.07) is 24.1. The summed E-state index contributed by atoms with van der Waals surface area (Å²) in [4.78, 5) is 12.8. The van der Waals surface area contributed by atoms with Gasteiger partial charge in [-0.3, -0.25) is 4.79 Å². The molecule has 0 aliphatic carbocycles. The smallest absolute Gasteiger partial charge is 0.278 e. The van der Waals surface area contributed by atoms with Crippen molar-refractivity contribution in [3.63, 3.8) is 0 Å². The first kappa shape index (κ1) is 22.1. The van der Waals surface area contributed by atoms with Crippen LogP contribution >= 0.6 is 11.6 Å². The molecule has 0 fully saturated rings. The Kier molecular flexibility index (Phi) is 6.38. The quantitative estimate of drug-likeness (QED) is 0.432. The van der Waals surface area contributed by atoms with Crippen molar-refractivity contribution in [2.75, 3.05) is 12.4 Å². The molecule has 33 heavy (non-hydrogen) atoms. The fourth-order valence-corrected chi connectivity index (χ4v) is 3.80. The van der Waals surface area contributed by atoms with E-state index in [1.54, 1.807) is 36.9 Å². The minimum atomic E-state index is -0.505. The molecular formula is C25H20ClN5O2. The molecule has 1 aromatic heterocycles. The van der Waals surface area contributed by atoms with Crippen molar-refractivity contribution in [3.05, 3.63) is 100 Å². The van der Waals surface area contributed by atoms with Gasteiger partial charge in [-0.1, -0.05) is 53.2 Å². The van der Waals surface area contributed by atoms with E-state index < -0.39 is 11.8 Å². The molecule has 0 saturated heterocycles. The summed E-state index contributed by atoms with van der Waals surface area (Å²) in [7, 11) is 1.60. The van der Waals surface area contributed by atoms with Crippen LogP contribution in [0, 0.1) is 18.3 Å². The molecule has 0 spiro atoms. The number of carbonyl (C=O) groups excluding carboxylic acids is 1. The molecule has 1 heterocycles. The third kappa shape index (κ3) is 4.56. The zero-order valence-corrected chi connectivity index (χ0v) is 18.7. The van der Waals surface area contributed by atoms with E-state index in [9.17, 15) is 10.1 Å². The van der Waals surface area contributed by atoms with Gasteiger partial charge in [0.05, 0.1) is 30.5 Å². The van der Waals surface area contributed by atoms with Crippen LogP contribution in [0.15, 0.2) is 72.8 Å². The lowest BCUT2D eigenvalue weighted by Gasteiger charge is -2.13. The molecule has 0 saturated carbocycles. The number of carbonyl (C=O) groups is 1. The lowest BCUT2D eigenvalue weighted by molar-refractivity contribution is 0.102. The Balaban J connectivity index is 1.54. The topological polar surface area (TPSA) is 92.8 Å². The molecule has 8 heteroatoms. The Morgan fingerprint density at radius 1 is 1.12 bits per heavy atom. The highest BCUT2D eigenvalue weighted by atomic mass is 35.5. The molecule has 1 unspecified atom stereocenters. The van der Waals surface area contributed by atoms with Crippen LogP contribution in [0.5, 0.6) is 5.75 Å². The number of halogens is 1. The van der Waals surface area contributed by atoms with E-state index in [-0.39, 0.29) is 5.69 Å². The Morgan fingerprint density at radius 3 is 2.48 bits per heavy atom. The Morgan fingerprint density at radius 2 is 1.85 bits per heavy atom. The van der Waals surface area contributed by atoms with Crippen LogP contribution in [0.4, 0.5) is 5.69 Å². The van der Waals surface area contributed by atoms with Crippen LogP contribution in [0.1, 0.15) is 33.2 Å². The summed E-state index contributed by atoms with van der Waals surface area (Å²) >= 11 is 6.48. The number of hydrogen-bond donors (Lipinski definition) is 1. The van der Waals surface area contributed by atoms with Gasteiger partial charge in [0, 0.05) is 10.7 Å². The highest BCUT2D eigenvalue weighted by molar-refractivity contribution is 6.32. The van der Waals surface area contributed by atoms with Gasteiger partial charge in [0.25, 0.3) is 5.91 Å². The maximum atomic E-state index is 12.8. The van der Waals surface area contributed by atoms with Gasteiger partial charge in [0.2, 0.25) is 0 Å². The van der Waals surface area contributed by atoms with Crippen molar-refractivity contribution in [2.24, 2.45) is 0 Å². The molecule has 0 radical (unpaired) electrons. The van der Waals surface area contributed by atoms with Crippen molar-refractivity contribution in [2.45, 2.75) is 12.8 Å². The summed E-state index contributed by atoms with van der Waals surface area (Å²) in [6.45, 7) is 1.77. The number of nitrogens with zero attached hydrogens (tertiary/aromatic N) is 4. The van der Waals surface area contributed by atoms with E-state index in [0.29, 0.717) is 22.0 Å². The van der Waals surface area contributed by atoms with Crippen molar-refractivity contribution >= 4 is 23.2 Å². The lowest BCUT2D eigenvalue weighted by Crippen LogP contribution is -2.14.